The van der Waals surface area contributed by atoms with Gasteiger partial charge in [0, 0.05) is 5.25 Å². The molecule has 2 atom stereocenters. The van der Waals surface area contributed by atoms with Crippen molar-refractivity contribution in [3.63, 3.8) is 0 Å². The second-order valence-corrected chi connectivity index (χ2v) is 4.05. The Bertz CT molecular complexity index is 168. The summed E-state index contributed by atoms with van der Waals surface area (Å²) in [4.78, 5) is 10.5. The standard InChI is InChI=1S/C7H10O2S/c8-7(9)6-4-1-3(10)2-5(4)6/h3-6,10H,1-2H2,(H,8,9). The van der Waals surface area contributed by atoms with Gasteiger partial charge in [0.15, 0.2) is 0 Å². The van der Waals surface area contributed by atoms with E-state index < -0.39 is 5.97 Å². The van der Waals surface area contributed by atoms with Gasteiger partial charge >= 0.3 is 5.97 Å². The molecule has 0 amide bonds. The Morgan fingerprint density at radius 3 is 2.30 bits per heavy atom. The van der Waals surface area contributed by atoms with Crippen LogP contribution in [0.3, 0.4) is 0 Å². The summed E-state index contributed by atoms with van der Waals surface area (Å²) in [5.74, 6) is 0.332. The van der Waals surface area contributed by atoms with Gasteiger partial charge in [-0.2, -0.15) is 12.6 Å². The molecule has 0 aromatic carbocycles. The van der Waals surface area contributed by atoms with Crippen molar-refractivity contribution in [2.75, 3.05) is 0 Å². The molecule has 0 radical (unpaired) electrons. The molecule has 0 aliphatic heterocycles. The van der Waals surface area contributed by atoms with Gasteiger partial charge in [-0.15, -0.1) is 0 Å². The summed E-state index contributed by atoms with van der Waals surface area (Å²) in [5.41, 5.74) is 0. The third kappa shape index (κ3) is 0.764. The molecule has 3 heteroatoms. The molecule has 2 saturated carbocycles. The van der Waals surface area contributed by atoms with Crippen LogP contribution in [-0.4, -0.2) is 16.3 Å². The van der Waals surface area contributed by atoms with Crippen LogP contribution in [-0.2, 0) is 4.79 Å². The van der Waals surface area contributed by atoms with E-state index in [1.807, 2.05) is 0 Å². The first-order valence-corrected chi connectivity index (χ1v) is 4.12. The highest BCUT2D eigenvalue weighted by molar-refractivity contribution is 7.81. The van der Waals surface area contributed by atoms with Gasteiger partial charge in [-0.1, -0.05) is 0 Å². The Hall–Kier alpha value is -0.180. The van der Waals surface area contributed by atoms with Crippen LogP contribution in [0, 0.1) is 17.8 Å². The lowest BCUT2D eigenvalue weighted by molar-refractivity contribution is -0.139. The maximum Gasteiger partial charge on any atom is 0.307 e. The zero-order valence-electron chi connectivity index (χ0n) is 5.53. The summed E-state index contributed by atoms with van der Waals surface area (Å²) in [6, 6.07) is 0. The monoisotopic (exact) mass is 158 g/mol. The number of fused-ring (bicyclic) bond motifs is 1. The minimum atomic E-state index is -0.602. The summed E-state index contributed by atoms with van der Waals surface area (Å²) in [5, 5.41) is 9.10. The second kappa shape index (κ2) is 1.91. The lowest BCUT2D eigenvalue weighted by Gasteiger charge is -2.03. The average Bonchev–Trinajstić information content (AvgIpc) is 2.32. The van der Waals surface area contributed by atoms with Crippen molar-refractivity contribution in [3.05, 3.63) is 0 Å². The molecule has 2 unspecified atom stereocenters. The van der Waals surface area contributed by atoms with Crippen molar-refractivity contribution in [2.24, 2.45) is 17.8 Å². The van der Waals surface area contributed by atoms with Crippen molar-refractivity contribution >= 4 is 18.6 Å². The van der Waals surface area contributed by atoms with Crippen LogP contribution in [0.15, 0.2) is 0 Å². The number of hydrogen-bond acceptors (Lipinski definition) is 2. The molecule has 10 heavy (non-hydrogen) atoms. The van der Waals surface area contributed by atoms with Crippen molar-refractivity contribution in [3.8, 4) is 0 Å². The quantitative estimate of drug-likeness (QED) is 0.559. The SMILES string of the molecule is O=C(O)C1C2CC(S)CC21. The molecule has 0 aromatic heterocycles. The van der Waals surface area contributed by atoms with Crippen LogP contribution in [0.2, 0.25) is 0 Å². The van der Waals surface area contributed by atoms with Crippen LogP contribution < -0.4 is 0 Å². The molecule has 0 bridgehead atoms. The van der Waals surface area contributed by atoms with Gasteiger partial charge in [-0.05, 0) is 24.7 Å². The Morgan fingerprint density at radius 2 is 1.90 bits per heavy atom. The molecule has 2 nitrogen and oxygen atoms in total. The summed E-state index contributed by atoms with van der Waals surface area (Å²) in [6.07, 6.45) is 2.04. The topological polar surface area (TPSA) is 37.3 Å². The molecule has 0 heterocycles. The number of rotatable bonds is 1. The normalized spacial score (nSPS) is 50.5. The highest BCUT2D eigenvalue weighted by Crippen LogP contribution is 2.58. The first-order valence-electron chi connectivity index (χ1n) is 3.61. The summed E-state index contributed by atoms with van der Waals surface area (Å²) in [6.45, 7) is 0. The minimum absolute atomic E-state index is 0.0107. The fourth-order valence-electron chi connectivity index (χ4n) is 2.18. The molecule has 2 rings (SSSR count). The first-order chi connectivity index (χ1) is 4.70. The zero-order valence-corrected chi connectivity index (χ0v) is 6.42. The molecule has 0 saturated heterocycles. The Morgan fingerprint density at radius 1 is 1.40 bits per heavy atom. The fraction of sp³-hybridized carbons (Fsp3) is 0.857. The Kier molecular flexibility index (Phi) is 1.24. The van der Waals surface area contributed by atoms with E-state index in [0.29, 0.717) is 17.1 Å². The van der Waals surface area contributed by atoms with Crippen LogP contribution in [0.1, 0.15) is 12.8 Å². The molecule has 2 aliphatic carbocycles. The van der Waals surface area contributed by atoms with E-state index in [-0.39, 0.29) is 5.92 Å². The van der Waals surface area contributed by atoms with Crippen molar-refractivity contribution < 1.29 is 9.90 Å². The third-order valence-corrected chi connectivity index (χ3v) is 3.13. The van der Waals surface area contributed by atoms with Crippen LogP contribution >= 0.6 is 12.6 Å². The number of carbonyl (C=O) groups is 1. The van der Waals surface area contributed by atoms with E-state index in [4.69, 9.17) is 5.11 Å². The smallest absolute Gasteiger partial charge is 0.307 e. The third-order valence-electron chi connectivity index (χ3n) is 2.71. The number of carboxylic acids is 1. The molecule has 0 spiro atoms. The maximum absolute atomic E-state index is 10.5. The van der Waals surface area contributed by atoms with E-state index in [9.17, 15) is 4.79 Å². The van der Waals surface area contributed by atoms with E-state index in [0.717, 1.165) is 12.8 Å². The maximum atomic E-state index is 10.5. The second-order valence-electron chi connectivity index (χ2n) is 3.32. The predicted octanol–water partition coefficient (Wildman–Crippen LogP) is 1.03. The highest BCUT2D eigenvalue weighted by Gasteiger charge is 2.59. The molecular weight excluding hydrogens is 148 g/mol. The fourth-order valence-corrected chi connectivity index (χ4v) is 2.67. The van der Waals surface area contributed by atoms with Gasteiger partial charge in [0.25, 0.3) is 0 Å². The van der Waals surface area contributed by atoms with Gasteiger partial charge in [0.1, 0.15) is 0 Å². The molecule has 0 aromatic rings. The number of carboxylic acid groups (broad SMARTS) is 1. The summed E-state index contributed by atoms with van der Waals surface area (Å²) in [7, 11) is 0. The van der Waals surface area contributed by atoms with Crippen LogP contribution in [0.4, 0.5) is 0 Å². The minimum Gasteiger partial charge on any atom is -0.481 e. The van der Waals surface area contributed by atoms with Crippen LogP contribution in [0.5, 0.6) is 0 Å². The molecule has 56 valence electrons. The Balaban J connectivity index is 1.98. The van der Waals surface area contributed by atoms with Gasteiger partial charge in [-0.3, -0.25) is 4.79 Å². The van der Waals surface area contributed by atoms with Gasteiger partial charge in [0.05, 0.1) is 5.92 Å². The summed E-state index contributed by atoms with van der Waals surface area (Å²) >= 11 is 4.30. The lowest BCUT2D eigenvalue weighted by Crippen LogP contribution is -2.07. The number of thiol groups is 1. The van der Waals surface area contributed by atoms with Gasteiger partial charge < -0.3 is 5.11 Å². The number of aliphatic carboxylic acids is 1. The Labute approximate surface area is 65.0 Å². The predicted molar refractivity (Wildman–Crippen MR) is 40.1 cm³/mol. The first kappa shape index (κ1) is 6.53. The summed E-state index contributed by atoms with van der Waals surface area (Å²) < 4.78 is 0. The molecular formula is C7H10O2S. The van der Waals surface area contributed by atoms with Gasteiger partial charge in [0.2, 0.25) is 0 Å². The van der Waals surface area contributed by atoms with E-state index >= 15 is 0 Å². The largest absolute Gasteiger partial charge is 0.481 e. The average molecular weight is 158 g/mol. The van der Waals surface area contributed by atoms with Crippen LogP contribution in [0.25, 0.3) is 0 Å². The van der Waals surface area contributed by atoms with Crippen molar-refractivity contribution in [1.82, 2.24) is 0 Å². The molecule has 1 N–H and O–H groups in total. The molecule has 2 fully saturated rings. The van der Waals surface area contributed by atoms with E-state index in [1.54, 1.807) is 0 Å². The lowest BCUT2D eigenvalue weighted by atomic mass is 10.1. The number of hydrogen-bond donors (Lipinski definition) is 2. The van der Waals surface area contributed by atoms with Crippen molar-refractivity contribution in [1.29, 1.82) is 0 Å². The molecule has 2 aliphatic rings. The highest BCUT2D eigenvalue weighted by atomic mass is 32.1. The van der Waals surface area contributed by atoms with E-state index in [2.05, 4.69) is 12.6 Å². The zero-order chi connectivity index (χ0) is 7.30. The van der Waals surface area contributed by atoms with E-state index in [1.165, 1.54) is 0 Å². The van der Waals surface area contributed by atoms with Crippen molar-refractivity contribution in [2.45, 2.75) is 18.1 Å². The van der Waals surface area contributed by atoms with Gasteiger partial charge in [-0.25, -0.2) is 0 Å².